The molecule has 0 saturated carbocycles. The summed E-state index contributed by atoms with van der Waals surface area (Å²) in [7, 11) is 0. The van der Waals surface area contributed by atoms with Crippen molar-refractivity contribution < 1.29 is 9.90 Å². The molecule has 0 radical (unpaired) electrons. The average Bonchev–Trinajstić information content (AvgIpc) is 3.00. The number of aryl methyl sites for hydroxylation is 1. The van der Waals surface area contributed by atoms with Gasteiger partial charge >= 0.3 is 0 Å². The molecule has 1 N–H and O–H groups in total. The monoisotopic (exact) mass is 422 g/mol. The number of halogens is 1. The van der Waals surface area contributed by atoms with Crippen LogP contribution < -0.4 is 0 Å². The summed E-state index contributed by atoms with van der Waals surface area (Å²) >= 11 is 4.89. The first-order valence-corrected chi connectivity index (χ1v) is 9.77. The van der Waals surface area contributed by atoms with Crippen LogP contribution in [0.25, 0.3) is 21.2 Å². The van der Waals surface area contributed by atoms with Gasteiger partial charge in [-0.25, -0.2) is 0 Å². The van der Waals surface area contributed by atoms with E-state index in [1.807, 2.05) is 61.5 Å². The Morgan fingerprint density at radius 2 is 1.73 bits per heavy atom. The lowest BCUT2D eigenvalue weighted by Gasteiger charge is -2.07. The van der Waals surface area contributed by atoms with Gasteiger partial charge < -0.3 is 5.11 Å². The number of hydrogen-bond donors (Lipinski definition) is 1. The smallest absolute Gasteiger partial charge is 0.203 e. The van der Waals surface area contributed by atoms with Gasteiger partial charge in [0.1, 0.15) is 5.75 Å². The number of aromatic hydroxyl groups is 1. The Morgan fingerprint density at radius 1 is 1.00 bits per heavy atom. The lowest BCUT2D eigenvalue weighted by Crippen LogP contribution is -2.02. The van der Waals surface area contributed by atoms with E-state index in [2.05, 4.69) is 15.9 Å². The van der Waals surface area contributed by atoms with E-state index in [1.54, 1.807) is 12.1 Å². The van der Waals surface area contributed by atoms with Crippen LogP contribution in [0.3, 0.4) is 0 Å². The maximum atomic E-state index is 13.3. The molecule has 0 aliphatic carbocycles. The number of fused-ring (bicyclic) bond motifs is 1. The van der Waals surface area contributed by atoms with Crippen molar-refractivity contribution in [3.8, 4) is 16.9 Å². The molecule has 2 nitrogen and oxygen atoms in total. The zero-order valence-electron chi connectivity index (χ0n) is 14.0. The predicted octanol–water partition coefficient (Wildman–Crippen LogP) is 6.58. The normalized spacial score (nSPS) is 11.0. The Bertz CT molecular complexity index is 1130. The molecule has 0 aliphatic rings. The van der Waals surface area contributed by atoms with Gasteiger partial charge in [-0.2, -0.15) is 0 Å². The summed E-state index contributed by atoms with van der Waals surface area (Å²) in [6, 6.07) is 20.9. The van der Waals surface area contributed by atoms with Crippen LogP contribution in [0.15, 0.2) is 71.2 Å². The molecule has 0 saturated heterocycles. The van der Waals surface area contributed by atoms with E-state index < -0.39 is 0 Å². The number of carbonyl (C=O) groups is 1. The topological polar surface area (TPSA) is 37.3 Å². The van der Waals surface area contributed by atoms with Crippen molar-refractivity contribution in [3.63, 3.8) is 0 Å². The van der Waals surface area contributed by atoms with Gasteiger partial charge in [-0.05, 0) is 48.4 Å². The van der Waals surface area contributed by atoms with Crippen molar-refractivity contribution in [2.75, 3.05) is 0 Å². The molecule has 4 heteroatoms. The fourth-order valence-corrected chi connectivity index (χ4v) is 4.57. The SMILES string of the molecule is Cc1ccccc1C(=O)c1sc2cc(O)ccc2c1-c1ccc(Br)cc1. The first-order chi connectivity index (χ1) is 12.5. The molecule has 0 unspecified atom stereocenters. The Balaban J connectivity index is 1.99. The molecule has 0 fully saturated rings. The Morgan fingerprint density at radius 3 is 2.46 bits per heavy atom. The molecule has 26 heavy (non-hydrogen) atoms. The molecule has 0 amide bonds. The lowest BCUT2D eigenvalue weighted by atomic mass is 9.96. The van der Waals surface area contributed by atoms with Gasteiger partial charge in [-0.3, -0.25) is 4.79 Å². The fraction of sp³-hybridized carbons (Fsp3) is 0.0455. The van der Waals surface area contributed by atoms with Gasteiger partial charge in [0, 0.05) is 25.7 Å². The molecular formula is C22H15BrO2S. The van der Waals surface area contributed by atoms with Gasteiger partial charge in [0.25, 0.3) is 0 Å². The van der Waals surface area contributed by atoms with E-state index in [1.165, 1.54) is 11.3 Å². The molecule has 0 bridgehead atoms. The highest BCUT2D eigenvalue weighted by Crippen LogP contribution is 2.41. The number of thiophene rings is 1. The van der Waals surface area contributed by atoms with Gasteiger partial charge in [-0.1, -0.05) is 52.3 Å². The number of ketones is 1. The third kappa shape index (κ3) is 2.96. The molecule has 4 rings (SSSR count). The summed E-state index contributed by atoms with van der Waals surface area (Å²) < 4.78 is 1.89. The standard InChI is InChI=1S/C22H15BrO2S/c1-13-4-2-3-5-17(13)21(25)22-20(14-6-8-15(23)9-7-14)18-11-10-16(24)12-19(18)26-22/h2-12,24H,1H3. The first kappa shape index (κ1) is 17.0. The third-order valence-corrected chi connectivity index (χ3v) is 6.08. The predicted molar refractivity (Wildman–Crippen MR) is 111 cm³/mol. The molecule has 1 aromatic heterocycles. The highest BCUT2D eigenvalue weighted by atomic mass is 79.9. The largest absolute Gasteiger partial charge is 0.508 e. The lowest BCUT2D eigenvalue weighted by molar-refractivity contribution is 0.104. The van der Waals surface area contributed by atoms with Crippen LogP contribution in [0.2, 0.25) is 0 Å². The molecule has 0 aliphatic heterocycles. The maximum Gasteiger partial charge on any atom is 0.203 e. The number of phenolic OH excluding ortho intramolecular Hbond substituents is 1. The van der Waals surface area contributed by atoms with Crippen LogP contribution >= 0.6 is 27.3 Å². The van der Waals surface area contributed by atoms with Crippen molar-refractivity contribution in [3.05, 3.63) is 87.2 Å². The minimum atomic E-state index is 0.0155. The molecule has 1 heterocycles. The summed E-state index contributed by atoms with van der Waals surface area (Å²) in [6.45, 7) is 1.95. The van der Waals surface area contributed by atoms with Gasteiger partial charge in [0.2, 0.25) is 5.78 Å². The summed E-state index contributed by atoms with van der Waals surface area (Å²) in [5.41, 5.74) is 3.58. The Kier molecular flexibility index (Phi) is 4.39. The van der Waals surface area contributed by atoms with E-state index in [9.17, 15) is 9.90 Å². The molecule has 128 valence electrons. The van der Waals surface area contributed by atoms with Crippen molar-refractivity contribution in [1.29, 1.82) is 0 Å². The number of hydrogen-bond acceptors (Lipinski definition) is 3. The third-order valence-electron chi connectivity index (χ3n) is 4.40. The summed E-state index contributed by atoms with van der Waals surface area (Å²) in [5, 5.41) is 10.8. The van der Waals surface area contributed by atoms with E-state index in [4.69, 9.17) is 0 Å². The van der Waals surface area contributed by atoms with Crippen LogP contribution in [-0.4, -0.2) is 10.9 Å². The van der Waals surface area contributed by atoms with Crippen LogP contribution in [-0.2, 0) is 0 Å². The molecular weight excluding hydrogens is 408 g/mol. The summed E-state index contributed by atoms with van der Waals surface area (Å²) in [6.07, 6.45) is 0. The van der Waals surface area contributed by atoms with Gasteiger partial charge in [0.15, 0.2) is 0 Å². The number of carbonyl (C=O) groups excluding carboxylic acids is 1. The zero-order chi connectivity index (χ0) is 18.3. The number of benzene rings is 3. The van der Waals surface area contributed by atoms with Crippen LogP contribution in [0.1, 0.15) is 20.8 Å². The van der Waals surface area contributed by atoms with Crippen LogP contribution in [0.5, 0.6) is 5.75 Å². The fourth-order valence-electron chi connectivity index (χ4n) is 3.10. The van der Waals surface area contributed by atoms with E-state index in [0.717, 1.165) is 31.2 Å². The zero-order valence-corrected chi connectivity index (χ0v) is 16.4. The van der Waals surface area contributed by atoms with E-state index >= 15 is 0 Å². The second-order valence-electron chi connectivity index (χ2n) is 6.14. The van der Waals surface area contributed by atoms with Crippen molar-refractivity contribution in [2.24, 2.45) is 0 Å². The van der Waals surface area contributed by atoms with E-state index in [0.29, 0.717) is 10.4 Å². The number of phenols is 1. The Hall–Kier alpha value is -2.43. The van der Waals surface area contributed by atoms with Crippen molar-refractivity contribution in [1.82, 2.24) is 0 Å². The van der Waals surface area contributed by atoms with Crippen molar-refractivity contribution in [2.45, 2.75) is 6.92 Å². The quantitative estimate of drug-likeness (QED) is 0.378. The number of rotatable bonds is 3. The second kappa shape index (κ2) is 6.71. The minimum absolute atomic E-state index is 0.0155. The van der Waals surface area contributed by atoms with Crippen LogP contribution in [0.4, 0.5) is 0 Å². The van der Waals surface area contributed by atoms with Crippen LogP contribution in [0, 0.1) is 6.92 Å². The van der Waals surface area contributed by atoms with Gasteiger partial charge in [0.05, 0.1) is 4.88 Å². The molecule has 3 aromatic carbocycles. The molecule has 0 spiro atoms. The molecule has 4 aromatic rings. The van der Waals surface area contributed by atoms with Crippen molar-refractivity contribution >= 4 is 43.1 Å². The summed E-state index contributed by atoms with van der Waals surface area (Å²) in [5.74, 6) is 0.220. The summed E-state index contributed by atoms with van der Waals surface area (Å²) in [4.78, 5) is 14.0. The highest BCUT2D eigenvalue weighted by Gasteiger charge is 2.22. The first-order valence-electron chi connectivity index (χ1n) is 8.16. The second-order valence-corrected chi connectivity index (χ2v) is 8.11. The van der Waals surface area contributed by atoms with E-state index in [-0.39, 0.29) is 11.5 Å². The highest BCUT2D eigenvalue weighted by molar-refractivity contribution is 9.10. The minimum Gasteiger partial charge on any atom is -0.508 e. The average molecular weight is 423 g/mol. The molecule has 0 atom stereocenters. The Labute approximate surface area is 163 Å². The van der Waals surface area contributed by atoms with Gasteiger partial charge in [-0.15, -0.1) is 11.3 Å². The maximum absolute atomic E-state index is 13.3.